The Bertz CT molecular complexity index is 1310. The Morgan fingerprint density at radius 3 is 2.43 bits per heavy atom. The highest BCUT2D eigenvalue weighted by Crippen LogP contribution is 2.29. The molecule has 37 heavy (non-hydrogen) atoms. The molecular formula is C28H35N3O5S. The van der Waals surface area contributed by atoms with E-state index in [1.54, 1.807) is 33.1 Å². The van der Waals surface area contributed by atoms with Crippen LogP contribution < -0.4 is 4.74 Å². The number of nitrogens with zero attached hydrogens (tertiary/aromatic N) is 3. The maximum Gasteiger partial charge on any atom is 0.249 e. The summed E-state index contributed by atoms with van der Waals surface area (Å²) < 4.78 is 42.3. The van der Waals surface area contributed by atoms with Crippen LogP contribution in [-0.2, 0) is 32.6 Å². The summed E-state index contributed by atoms with van der Waals surface area (Å²) in [5.41, 5.74) is 3.21. The summed E-state index contributed by atoms with van der Waals surface area (Å²) in [4.78, 5) is 15.0. The molecule has 1 aliphatic rings. The first-order valence-electron chi connectivity index (χ1n) is 12.4. The fourth-order valence-electron chi connectivity index (χ4n) is 4.96. The number of amides is 1. The number of benzene rings is 2. The molecule has 1 unspecified atom stereocenters. The number of rotatable bonds is 10. The minimum atomic E-state index is -3.84. The second-order valence-corrected chi connectivity index (χ2v) is 11.2. The van der Waals surface area contributed by atoms with Crippen molar-refractivity contribution in [1.29, 1.82) is 0 Å². The Morgan fingerprint density at radius 1 is 1.05 bits per heavy atom. The second kappa shape index (κ2) is 11.5. The van der Waals surface area contributed by atoms with Crippen molar-refractivity contribution in [2.45, 2.75) is 44.8 Å². The van der Waals surface area contributed by atoms with Gasteiger partial charge >= 0.3 is 0 Å². The smallest absolute Gasteiger partial charge is 0.249 e. The van der Waals surface area contributed by atoms with Gasteiger partial charge in [-0.15, -0.1) is 0 Å². The van der Waals surface area contributed by atoms with Crippen LogP contribution in [0.1, 0.15) is 35.3 Å². The molecular weight excluding hydrogens is 490 g/mol. The van der Waals surface area contributed by atoms with Gasteiger partial charge in [-0.3, -0.25) is 4.79 Å². The summed E-state index contributed by atoms with van der Waals surface area (Å²) in [7, 11) is -2.28. The molecule has 0 aliphatic carbocycles. The highest BCUT2D eigenvalue weighted by atomic mass is 32.2. The van der Waals surface area contributed by atoms with Crippen molar-refractivity contribution in [2.24, 2.45) is 0 Å². The van der Waals surface area contributed by atoms with Crippen molar-refractivity contribution < 1.29 is 22.7 Å². The molecule has 0 saturated carbocycles. The molecule has 0 spiro atoms. The average Bonchev–Trinajstić information content (AvgIpc) is 3.36. The van der Waals surface area contributed by atoms with Gasteiger partial charge in [-0.1, -0.05) is 30.3 Å². The molecule has 1 amide bonds. The van der Waals surface area contributed by atoms with E-state index < -0.39 is 10.0 Å². The molecule has 3 aromatic rings. The van der Waals surface area contributed by atoms with Gasteiger partial charge in [-0.2, -0.15) is 4.31 Å². The lowest BCUT2D eigenvalue weighted by atomic mass is 10.1. The maximum absolute atomic E-state index is 13.8. The van der Waals surface area contributed by atoms with Crippen LogP contribution in [0.15, 0.2) is 65.7 Å². The zero-order valence-electron chi connectivity index (χ0n) is 21.9. The number of methoxy groups -OCH3 is 1. The Balaban J connectivity index is 1.46. The molecule has 1 atom stereocenters. The van der Waals surface area contributed by atoms with Crippen LogP contribution in [-0.4, -0.2) is 61.5 Å². The van der Waals surface area contributed by atoms with Crippen molar-refractivity contribution in [3.8, 4) is 5.75 Å². The van der Waals surface area contributed by atoms with Gasteiger partial charge in [-0.05, 0) is 61.7 Å². The fraction of sp³-hybridized carbons (Fsp3) is 0.393. The van der Waals surface area contributed by atoms with Gasteiger partial charge in [-0.25, -0.2) is 8.42 Å². The summed E-state index contributed by atoms with van der Waals surface area (Å²) >= 11 is 0. The highest BCUT2D eigenvalue weighted by Gasteiger charge is 2.30. The van der Waals surface area contributed by atoms with E-state index in [0.29, 0.717) is 23.4 Å². The van der Waals surface area contributed by atoms with Crippen LogP contribution in [0.4, 0.5) is 0 Å². The summed E-state index contributed by atoms with van der Waals surface area (Å²) in [6.45, 7) is 7.26. The van der Waals surface area contributed by atoms with Gasteiger partial charge in [0, 0.05) is 38.1 Å². The fourth-order valence-corrected chi connectivity index (χ4v) is 6.79. The van der Waals surface area contributed by atoms with E-state index in [0.717, 1.165) is 17.8 Å². The van der Waals surface area contributed by atoms with E-state index in [9.17, 15) is 13.2 Å². The number of hydrogen-bond donors (Lipinski definition) is 0. The lowest BCUT2D eigenvalue weighted by Gasteiger charge is -2.35. The third-order valence-corrected chi connectivity index (χ3v) is 8.99. The second-order valence-electron chi connectivity index (χ2n) is 9.36. The van der Waals surface area contributed by atoms with Gasteiger partial charge in [0.15, 0.2) is 0 Å². The van der Waals surface area contributed by atoms with Gasteiger partial charge in [0.05, 0.1) is 24.7 Å². The number of sulfonamides is 1. The van der Waals surface area contributed by atoms with Crippen LogP contribution in [0.5, 0.6) is 5.75 Å². The van der Waals surface area contributed by atoms with Crippen LogP contribution >= 0.6 is 0 Å². The molecule has 2 heterocycles. The van der Waals surface area contributed by atoms with Gasteiger partial charge in [0.25, 0.3) is 0 Å². The van der Waals surface area contributed by atoms with Crippen molar-refractivity contribution in [2.75, 3.05) is 33.4 Å². The van der Waals surface area contributed by atoms with Crippen molar-refractivity contribution in [3.05, 3.63) is 83.2 Å². The average molecular weight is 526 g/mol. The topological polar surface area (TPSA) is 81.1 Å². The standard InChI is InChI=1S/C28H35N3O5S/c1-21-17-25(35-4)18-22(2)28(21)37(33,34)30(19-24-9-6-5-7-10-24)15-16-36-20-27(32)31-14-13-29-12-8-11-26(29)23(31)3/h5-12,17-18,23H,13-16,19-20H2,1-4H3. The van der Waals surface area contributed by atoms with Crippen LogP contribution in [0, 0.1) is 13.8 Å². The number of ether oxygens (including phenoxy) is 2. The molecule has 9 heteroatoms. The summed E-state index contributed by atoms with van der Waals surface area (Å²) in [5, 5.41) is 0. The number of hydrogen-bond acceptors (Lipinski definition) is 5. The van der Waals surface area contributed by atoms with E-state index >= 15 is 0 Å². The Morgan fingerprint density at radius 2 is 1.76 bits per heavy atom. The maximum atomic E-state index is 13.8. The van der Waals surface area contributed by atoms with E-state index in [1.165, 1.54) is 4.31 Å². The molecule has 4 rings (SSSR count). The minimum Gasteiger partial charge on any atom is -0.497 e. The van der Waals surface area contributed by atoms with Crippen molar-refractivity contribution in [3.63, 3.8) is 0 Å². The zero-order chi connectivity index (χ0) is 26.6. The van der Waals surface area contributed by atoms with E-state index in [-0.39, 0.29) is 43.1 Å². The molecule has 0 saturated heterocycles. The van der Waals surface area contributed by atoms with Crippen LogP contribution in [0.25, 0.3) is 0 Å². The Hall–Kier alpha value is -3.14. The molecule has 0 fully saturated rings. The van der Waals surface area contributed by atoms with E-state index in [4.69, 9.17) is 9.47 Å². The monoisotopic (exact) mass is 525 g/mol. The lowest BCUT2D eigenvalue weighted by molar-refractivity contribution is -0.139. The zero-order valence-corrected chi connectivity index (χ0v) is 22.7. The Kier molecular flexibility index (Phi) is 8.36. The van der Waals surface area contributed by atoms with Gasteiger partial charge in [0.2, 0.25) is 15.9 Å². The molecule has 0 N–H and O–H groups in total. The predicted octanol–water partition coefficient (Wildman–Crippen LogP) is 3.92. The molecule has 2 aromatic carbocycles. The summed E-state index contributed by atoms with van der Waals surface area (Å²) in [6, 6.07) is 16.9. The number of carbonyl (C=O) groups is 1. The number of aryl methyl sites for hydroxylation is 2. The number of fused-ring (bicyclic) bond motifs is 1. The molecule has 0 radical (unpaired) electrons. The SMILES string of the molecule is COc1cc(C)c(S(=O)(=O)N(CCOCC(=O)N2CCn3cccc3C2C)Cc2ccccc2)c(C)c1. The molecule has 198 valence electrons. The largest absolute Gasteiger partial charge is 0.497 e. The van der Waals surface area contributed by atoms with Gasteiger partial charge < -0.3 is 18.9 Å². The molecule has 0 bridgehead atoms. The normalized spacial score (nSPS) is 15.6. The first-order chi connectivity index (χ1) is 17.7. The third-order valence-electron chi connectivity index (χ3n) is 6.84. The molecule has 1 aliphatic heterocycles. The predicted molar refractivity (Wildman–Crippen MR) is 142 cm³/mol. The Labute approximate surface area is 219 Å². The quantitative estimate of drug-likeness (QED) is 0.375. The van der Waals surface area contributed by atoms with Crippen molar-refractivity contribution in [1.82, 2.24) is 13.8 Å². The minimum absolute atomic E-state index is 0.0316. The van der Waals surface area contributed by atoms with Gasteiger partial charge in [0.1, 0.15) is 12.4 Å². The van der Waals surface area contributed by atoms with E-state index in [2.05, 4.69) is 4.57 Å². The summed E-state index contributed by atoms with van der Waals surface area (Å²) in [5.74, 6) is 0.517. The van der Waals surface area contributed by atoms with Crippen molar-refractivity contribution >= 4 is 15.9 Å². The third kappa shape index (κ3) is 5.89. The first-order valence-corrected chi connectivity index (χ1v) is 13.9. The number of aromatic nitrogens is 1. The molecule has 1 aromatic heterocycles. The molecule has 8 nitrogen and oxygen atoms in total. The van der Waals surface area contributed by atoms with Crippen LogP contribution in [0.3, 0.4) is 0 Å². The van der Waals surface area contributed by atoms with E-state index in [1.807, 2.05) is 60.5 Å². The van der Waals surface area contributed by atoms with Crippen LogP contribution in [0.2, 0.25) is 0 Å². The first kappa shape index (κ1) is 26.9. The number of carbonyl (C=O) groups excluding carboxylic acids is 1. The summed E-state index contributed by atoms with van der Waals surface area (Å²) in [6.07, 6.45) is 2.03. The lowest BCUT2D eigenvalue weighted by Crippen LogP contribution is -2.42. The highest BCUT2D eigenvalue weighted by molar-refractivity contribution is 7.89.